The topological polar surface area (TPSA) is 57.3 Å². The van der Waals surface area contributed by atoms with Gasteiger partial charge in [-0.1, -0.05) is 25.0 Å². The number of carbonyl (C=O) groups is 1. The number of amides is 2. The van der Waals surface area contributed by atoms with Crippen molar-refractivity contribution in [2.24, 2.45) is 0 Å². The molecule has 0 bridgehead atoms. The van der Waals surface area contributed by atoms with Crippen molar-refractivity contribution in [3.63, 3.8) is 0 Å². The van der Waals surface area contributed by atoms with Crippen molar-refractivity contribution in [2.75, 3.05) is 23.3 Å². The first-order valence-corrected chi connectivity index (χ1v) is 9.02. The minimum atomic E-state index is -0.196. The van der Waals surface area contributed by atoms with Crippen molar-refractivity contribution < 1.29 is 4.79 Å². The number of rotatable bonds is 4. The van der Waals surface area contributed by atoms with E-state index in [1.165, 1.54) is 25.7 Å². The zero-order valence-electron chi connectivity index (χ0n) is 14.8. The number of benzene rings is 1. The zero-order valence-corrected chi connectivity index (χ0v) is 14.8. The molecule has 132 valence electrons. The van der Waals surface area contributed by atoms with Gasteiger partial charge in [0, 0.05) is 31.5 Å². The van der Waals surface area contributed by atoms with Gasteiger partial charge in [0.2, 0.25) is 0 Å². The molecule has 0 aliphatic carbocycles. The lowest BCUT2D eigenvalue weighted by molar-refractivity contribution is 0.251. The van der Waals surface area contributed by atoms with E-state index in [-0.39, 0.29) is 6.03 Å². The first-order chi connectivity index (χ1) is 12.2. The molecule has 2 N–H and O–H groups in total. The highest BCUT2D eigenvalue weighted by molar-refractivity contribution is 5.89. The predicted molar refractivity (Wildman–Crippen MR) is 102 cm³/mol. The molecule has 1 aliphatic heterocycles. The summed E-state index contributed by atoms with van der Waals surface area (Å²) < 4.78 is 0. The second-order valence-electron chi connectivity index (χ2n) is 6.60. The Morgan fingerprint density at radius 3 is 2.68 bits per heavy atom. The van der Waals surface area contributed by atoms with Crippen LogP contribution in [0, 0.1) is 6.92 Å². The second kappa shape index (κ2) is 8.51. The van der Waals surface area contributed by atoms with Crippen LogP contribution in [0.1, 0.15) is 36.8 Å². The summed E-state index contributed by atoms with van der Waals surface area (Å²) in [7, 11) is 0. The van der Waals surface area contributed by atoms with E-state index in [0.29, 0.717) is 6.54 Å². The molecule has 1 fully saturated rings. The molecule has 1 aromatic heterocycles. The number of aromatic nitrogens is 1. The number of nitrogens with one attached hydrogen (secondary N) is 2. The van der Waals surface area contributed by atoms with Crippen molar-refractivity contribution in [3.8, 4) is 0 Å². The van der Waals surface area contributed by atoms with E-state index in [2.05, 4.69) is 26.6 Å². The van der Waals surface area contributed by atoms with Gasteiger partial charge in [-0.3, -0.25) is 0 Å². The van der Waals surface area contributed by atoms with E-state index < -0.39 is 0 Å². The molecule has 1 aliphatic rings. The highest BCUT2D eigenvalue weighted by atomic mass is 16.2. The van der Waals surface area contributed by atoms with E-state index >= 15 is 0 Å². The maximum atomic E-state index is 12.1. The summed E-state index contributed by atoms with van der Waals surface area (Å²) in [5.74, 6) is 1.01. The molecule has 2 aromatic rings. The molecule has 5 nitrogen and oxygen atoms in total. The number of carbonyl (C=O) groups excluding carboxylic acids is 1. The third kappa shape index (κ3) is 5.21. The van der Waals surface area contributed by atoms with Crippen molar-refractivity contribution in [1.82, 2.24) is 10.3 Å². The minimum absolute atomic E-state index is 0.196. The van der Waals surface area contributed by atoms with Crippen molar-refractivity contribution in [2.45, 2.75) is 39.2 Å². The largest absolute Gasteiger partial charge is 0.357 e. The molecule has 3 rings (SSSR count). The molecule has 0 unspecified atom stereocenters. The summed E-state index contributed by atoms with van der Waals surface area (Å²) in [5.41, 5.74) is 2.99. The fourth-order valence-electron chi connectivity index (χ4n) is 3.12. The Balaban J connectivity index is 1.55. The Hall–Kier alpha value is -2.56. The molecule has 5 heteroatoms. The Kier molecular flexibility index (Phi) is 5.88. The lowest BCUT2D eigenvalue weighted by atomic mass is 10.2. The number of nitrogens with zero attached hydrogens (tertiary/aromatic N) is 2. The average Bonchev–Trinajstić information content (AvgIpc) is 2.90. The maximum absolute atomic E-state index is 12.1. The van der Waals surface area contributed by atoms with Crippen LogP contribution in [0.5, 0.6) is 0 Å². The number of urea groups is 1. The summed E-state index contributed by atoms with van der Waals surface area (Å²) in [6.07, 6.45) is 6.88. The van der Waals surface area contributed by atoms with Crippen LogP contribution < -0.4 is 15.5 Å². The van der Waals surface area contributed by atoms with Gasteiger partial charge in [-0.25, -0.2) is 9.78 Å². The fraction of sp³-hybridized carbons (Fsp3) is 0.400. The molecule has 1 aromatic carbocycles. The zero-order chi connectivity index (χ0) is 17.5. The Morgan fingerprint density at radius 1 is 1.12 bits per heavy atom. The normalized spacial score (nSPS) is 14.7. The van der Waals surface area contributed by atoms with Gasteiger partial charge in [-0.05, 0) is 55.2 Å². The second-order valence-corrected chi connectivity index (χ2v) is 6.60. The van der Waals surface area contributed by atoms with E-state index in [1.807, 2.05) is 43.5 Å². The van der Waals surface area contributed by atoms with Gasteiger partial charge in [0.15, 0.2) is 0 Å². The lowest BCUT2D eigenvalue weighted by Gasteiger charge is -2.21. The monoisotopic (exact) mass is 338 g/mol. The Labute approximate surface area is 149 Å². The number of pyridine rings is 1. The van der Waals surface area contributed by atoms with E-state index in [1.54, 1.807) is 0 Å². The SMILES string of the molecule is Cc1cccc(NC(=O)NCc2ccnc(N3CCCCCC3)c2)c1. The van der Waals surface area contributed by atoms with Gasteiger partial charge >= 0.3 is 6.03 Å². The standard InChI is InChI=1S/C20H26N4O/c1-16-7-6-8-18(13-16)23-20(25)22-15-17-9-10-21-19(14-17)24-11-4-2-3-5-12-24/h6-10,13-14H,2-5,11-12,15H2,1H3,(H2,22,23,25). The summed E-state index contributed by atoms with van der Waals surface area (Å²) in [6.45, 7) is 4.63. The van der Waals surface area contributed by atoms with Crippen LogP contribution >= 0.6 is 0 Å². The molecule has 1 saturated heterocycles. The molecule has 2 amide bonds. The summed E-state index contributed by atoms with van der Waals surface area (Å²) in [5, 5.41) is 5.78. The third-order valence-electron chi connectivity index (χ3n) is 4.47. The van der Waals surface area contributed by atoms with Crippen molar-refractivity contribution in [1.29, 1.82) is 0 Å². The van der Waals surface area contributed by atoms with Crippen LogP contribution in [0.2, 0.25) is 0 Å². The van der Waals surface area contributed by atoms with E-state index in [4.69, 9.17) is 0 Å². The quantitative estimate of drug-likeness (QED) is 0.883. The molecule has 25 heavy (non-hydrogen) atoms. The summed E-state index contributed by atoms with van der Waals surface area (Å²) in [4.78, 5) is 18.9. The maximum Gasteiger partial charge on any atom is 0.319 e. The number of hydrogen-bond acceptors (Lipinski definition) is 3. The van der Waals surface area contributed by atoms with Crippen LogP contribution in [-0.2, 0) is 6.54 Å². The minimum Gasteiger partial charge on any atom is -0.357 e. The summed E-state index contributed by atoms with van der Waals surface area (Å²) >= 11 is 0. The van der Waals surface area contributed by atoms with E-state index in [0.717, 1.165) is 35.7 Å². The van der Waals surface area contributed by atoms with E-state index in [9.17, 15) is 4.79 Å². The number of aryl methyl sites for hydroxylation is 1. The van der Waals surface area contributed by atoms with Gasteiger partial charge in [0.05, 0.1) is 0 Å². The molecule has 0 radical (unpaired) electrons. The molecular formula is C20H26N4O. The van der Waals surface area contributed by atoms with Crippen LogP contribution in [0.15, 0.2) is 42.6 Å². The Morgan fingerprint density at radius 2 is 1.92 bits per heavy atom. The van der Waals surface area contributed by atoms with Crippen molar-refractivity contribution in [3.05, 3.63) is 53.7 Å². The lowest BCUT2D eigenvalue weighted by Crippen LogP contribution is -2.28. The fourth-order valence-corrected chi connectivity index (χ4v) is 3.12. The third-order valence-corrected chi connectivity index (χ3v) is 4.47. The first kappa shape index (κ1) is 17.3. The number of anilines is 2. The first-order valence-electron chi connectivity index (χ1n) is 9.02. The highest BCUT2D eigenvalue weighted by Crippen LogP contribution is 2.18. The van der Waals surface area contributed by atoms with Gasteiger partial charge in [0.25, 0.3) is 0 Å². The van der Waals surface area contributed by atoms with Crippen LogP contribution in [0.4, 0.5) is 16.3 Å². The molecule has 0 spiro atoms. The van der Waals surface area contributed by atoms with Crippen LogP contribution in [-0.4, -0.2) is 24.1 Å². The molecular weight excluding hydrogens is 312 g/mol. The predicted octanol–water partition coefficient (Wildman–Crippen LogP) is 4.09. The average molecular weight is 338 g/mol. The van der Waals surface area contributed by atoms with Gasteiger partial charge in [0.1, 0.15) is 5.82 Å². The van der Waals surface area contributed by atoms with Crippen LogP contribution in [0.3, 0.4) is 0 Å². The van der Waals surface area contributed by atoms with Gasteiger partial charge < -0.3 is 15.5 Å². The number of hydrogen-bond donors (Lipinski definition) is 2. The molecule has 0 saturated carbocycles. The van der Waals surface area contributed by atoms with Gasteiger partial charge in [-0.15, -0.1) is 0 Å². The Bertz CT molecular complexity index is 708. The van der Waals surface area contributed by atoms with Gasteiger partial charge in [-0.2, -0.15) is 0 Å². The molecule has 0 atom stereocenters. The summed E-state index contributed by atoms with van der Waals surface area (Å²) in [6, 6.07) is 11.6. The highest BCUT2D eigenvalue weighted by Gasteiger charge is 2.11. The van der Waals surface area contributed by atoms with Crippen molar-refractivity contribution >= 4 is 17.5 Å². The smallest absolute Gasteiger partial charge is 0.319 e. The molecule has 2 heterocycles. The van der Waals surface area contributed by atoms with Crippen LogP contribution in [0.25, 0.3) is 0 Å².